The van der Waals surface area contributed by atoms with Crippen LogP contribution in [0.2, 0.25) is 5.02 Å². The SMILES string of the molecule is CN=C(NCCc1nc(-c2cccc(Cl)c2)no1)NC1CCN(c2ccc(C)cc2)C1.I. The maximum absolute atomic E-state index is 6.04. The third-order valence-corrected chi connectivity index (χ3v) is 5.57. The van der Waals surface area contributed by atoms with E-state index >= 15 is 0 Å². The van der Waals surface area contributed by atoms with E-state index in [4.69, 9.17) is 16.1 Å². The summed E-state index contributed by atoms with van der Waals surface area (Å²) in [4.78, 5) is 11.2. The van der Waals surface area contributed by atoms with Crippen LogP contribution in [0.5, 0.6) is 0 Å². The maximum Gasteiger partial charge on any atom is 0.228 e. The number of hydrogen-bond acceptors (Lipinski definition) is 5. The van der Waals surface area contributed by atoms with Crippen molar-refractivity contribution < 1.29 is 4.52 Å². The molecule has 0 amide bonds. The fourth-order valence-corrected chi connectivity index (χ4v) is 3.84. The number of nitrogens with zero attached hydrogens (tertiary/aromatic N) is 4. The summed E-state index contributed by atoms with van der Waals surface area (Å²) in [7, 11) is 1.78. The van der Waals surface area contributed by atoms with Gasteiger partial charge in [-0.1, -0.05) is 46.6 Å². The molecule has 4 rings (SSSR count). The topological polar surface area (TPSA) is 78.6 Å². The summed E-state index contributed by atoms with van der Waals surface area (Å²) in [6.45, 7) is 4.74. The van der Waals surface area contributed by atoms with Crippen LogP contribution in [-0.2, 0) is 6.42 Å². The van der Waals surface area contributed by atoms with Crippen LogP contribution in [0.1, 0.15) is 17.9 Å². The molecule has 0 saturated carbocycles. The molecule has 9 heteroatoms. The Balaban J connectivity index is 0.00000289. The fraction of sp³-hybridized carbons (Fsp3) is 0.348. The molecule has 0 aliphatic carbocycles. The number of halogens is 2. The minimum absolute atomic E-state index is 0. The Labute approximate surface area is 210 Å². The summed E-state index contributed by atoms with van der Waals surface area (Å²) < 4.78 is 5.37. The number of hydrogen-bond donors (Lipinski definition) is 2. The van der Waals surface area contributed by atoms with Gasteiger partial charge in [0.05, 0.1) is 0 Å². The molecule has 1 saturated heterocycles. The van der Waals surface area contributed by atoms with Gasteiger partial charge in [0.15, 0.2) is 5.96 Å². The van der Waals surface area contributed by atoms with Gasteiger partial charge in [-0.3, -0.25) is 4.99 Å². The van der Waals surface area contributed by atoms with Gasteiger partial charge in [0.25, 0.3) is 0 Å². The second-order valence-corrected chi connectivity index (χ2v) is 8.12. The average molecular weight is 567 g/mol. The summed E-state index contributed by atoms with van der Waals surface area (Å²) in [6.07, 6.45) is 1.68. The molecular formula is C23H28ClIN6O. The monoisotopic (exact) mass is 566 g/mol. The van der Waals surface area contributed by atoms with Crippen molar-refractivity contribution in [1.82, 2.24) is 20.8 Å². The van der Waals surface area contributed by atoms with Crippen molar-refractivity contribution in [2.75, 3.05) is 31.6 Å². The number of guanidine groups is 1. The molecule has 1 aromatic heterocycles. The Bertz CT molecular complexity index is 1040. The first kappa shape index (κ1) is 24.3. The van der Waals surface area contributed by atoms with E-state index in [2.05, 4.69) is 61.9 Å². The third-order valence-electron chi connectivity index (χ3n) is 5.33. The highest BCUT2D eigenvalue weighted by atomic mass is 127. The van der Waals surface area contributed by atoms with E-state index in [1.807, 2.05) is 24.3 Å². The number of benzene rings is 2. The summed E-state index contributed by atoms with van der Waals surface area (Å²) in [5, 5.41) is 11.5. The first-order valence-corrected chi connectivity index (χ1v) is 10.9. The Morgan fingerprint density at radius 2 is 2.06 bits per heavy atom. The molecule has 32 heavy (non-hydrogen) atoms. The van der Waals surface area contributed by atoms with Gasteiger partial charge in [-0.2, -0.15) is 4.98 Å². The molecule has 0 spiro atoms. The van der Waals surface area contributed by atoms with E-state index < -0.39 is 0 Å². The maximum atomic E-state index is 6.04. The lowest BCUT2D eigenvalue weighted by Gasteiger charge is -2.20. The lowest BCUT2D eigenvalue weighted by molar-refractivity contribution is 0.378. The van der Waals surface area contributed by atoms with E-state index in [0.29, 0.717) is 35.7 Å². The highest BCUT2D eigenvalue weighted by molar-refractivity contribution is 14.0. The highest BCUT2D eigenvalue weighted by Gasteiger charge is 2.23. The average Bonchev–Trinajstić information content (AvgIpc) is 3.43. The Hall–Kier alpha value is -2.33. The zero-order valence-electron chi connectivity index (χ0n) is 18.2. The van der Waals surface area contributed by atoms with E-state index in [1.54, 1.807) is 7.05 Å². The first-order chi connectivity index (χ1) is 15.1. The zero-order chi connectivity index (χ0) is 21.6. The molecule has 1 aliphatic rings. The molecule has 0 radical (unpaired) electrons. The summed E-state index contributed by atoms with van der Waals surface area (Å²) >= 11 is 6.04. The van der Waals surface area contributed by atoms with Gasteiger partial charge in [0.1, 0.15) is 0 Å². The van der Waals surface area contributed by atoms with E-state index in [1.165, 1.54) is 11.3 Å². The Morgan fingerprint density at radius 3 is 2.81 bits per heavy atom. The van der Waals surface area contributed by atoms with Crippen LogP contribution in [0.3, 0.4) is 0 Å². The molecule has 3 aromatic rings. The smallest absolute Gasteiger partial charge is 0.228 e. The first-order valence-electron chi connectivity index (χ1n) is 10.5. The summed E-state index contributed by atoms with van der Waals surface area (Å²) in [5.74, 6) is 1.90. The van der Waals surface area contributed by atoms with Crippen LogP contribution in [0.15, 0.2) is 58.0 Å². The van der Waals surface area contributed by atoms with Crippen LogP contribution in [-0.4, -0.2) is 48.8 Å². The number of rotatable bonds is 6. The van der Waals surface area contributed by atoms with Gasteiger partial charge in [-0.25, -0.2) is 0 Å². The van der Waals surface area contributed by atoms with Gasteiger partial charge >= 0.3 is 0 Å². The Kier molecular flexibility index (Phi) is 8.75. The molecule has 1 aliphatic heterocycles. The standard InChI is InChI=1S/C23H27ClN6O.HI/c1-16-6-8-20(9-7-16)30-13-11-19(15-30)27-23(25-2)26-12-10-21-28-22(29-31-21)17-4-3-5-18(24)14-17;/h3-9,14,19H,10-13,15H2,1-2H3,(H2,25,26,27);1H. The van der Waals surface area contributed by atoms with E-state index in [0.717, 1.165) is 31.0 Å². The van der Waals surface area contributed by atoms with Crippen molar-refractivity contribution in [2.24, 2.45) is 4.99 Å². The van der Waals surface area contributed by atoms with E-state index in [9.17, 15) is 0 Å². The molecule has 2 N–H and O–H groups in total. The second kappa shape index (κ2) is 11.5. The molecule has 2 aromatic carbocycles. The number of aliphatic imine (C=N–C) groups is 1. The van der Waals surface area contributed by atoms with Crippen LogP contribution >= 0.6 is 35.6 Å². The molecule has 0 bridgehead atoms. The number of nitrogens with one attached hydrogen (secondary N) is 2. The molecule has 1 fully saturated rings. The van der Waals surface area contributed by atoms with Crippen LogP contribution in [0, 0.1) is 6.92 Å². The van der Waals surface area contributed by atoms with Crippen LogP contribution in [0.25, 0.3) is 11.4 Å². The largest absolute Gasteiger partial charge is 0.369 e. The Morgan fingerprint density at radius 1 is 1.25 bits per heavy atom. The van der Waals surface area contributed by atoms with Gasteiger partial charge in [0.2, 0.25) is 11.7 Å². The summed E-state index contributed by atoms with van der Waals surface area (Å²) in [6, 6.07) is 16.5. The third kappa shape index (κ3) is 6.35. The lowest BCUT2D eigenvalue weighted by Crippen LogP contribution is -2.45. The normalized spacial score (nSPS) is 16.0. The quantitative estimate of drug-likeness (QED) is 0.263. The van der Waals surface area contributed by atoms with Crippen molar-refractivity contribution in [3.63, 3.8) is 0 Å². The minimum atomic E-state index is 0. The fourth-order valence-electron chi connectivity index (χ4n) is 3.65. The van der Waals surface area contributed by atoms with Gasteiger partial charge in [-0.05, 0) is 37.6 Å². The van der Waals surface area contributed by atoms with Crippen LogP contribution < -0.4 is 15.5 Å². The van der Waals surface area contributed by atoms with Crippen molar-refractivity contribution >= 4 is 47.2 Å². The predicted octanol–water partition coefficient (Wildman–Crippen LogP) is 4.30. The van der Waals surface area contributed by atoms with Gasteiger partial charge in [-0.15, -0.1) is 24.0 Å². The predicted molar refractivity (Wildman–Crippen MR) is 140 cm³/mol. The summed E-state index contributed by atoms with van der Waals surface area (Å²) in [5.41, 5.74) is 3.39. The van der Waals surface area contributed by atoms with Crippen LogP contribution in [0.4, 0.5) is 5.69 Å². The van der Waals surface area contributed by atoms with Crippen molar-refractivity contribution in [1.29, 1.82) is 0 Å². The van der Waals surface area contributed by atoms with E-state index in [-0.39, 0.29) is 24.0 Å². The molecule has 170 valence electrons. The van der Waals surface area contributed by atoms with Gasteiger partial charge in [0, 0.05) is 55.4 Å². The molecule has 1 unspecified atom stereocenters. The second-order valence-electron chi connectivity index (χ2n) is 7.68. The van der Waals surface area contributed by atoms with Gasteiger partial charge < -0.3 is 20.1 Å². The molecule has 1 atom stereocenters. The number of aromatic nitrogens is 2. The highest BCUT2D eigenvalue weighted by Crippen LogP contribution is 2.21. The number of anilines is 1. The van der Waals surface area contributed by atoms with Crippen molar-refractivity contribution in [2.45, 2.75) is 25.8 Å². The van der Waals surface area contributed by atoms with Crippen molar-refractivity contribution in [3.05, 3.63) is 65.0 Å². The molecule has 2 heterocycles. The lowest BCUT2D eigenvalue weighted by atomic mass is 10.2. The molecule has 7 nitrogen and oxygen atoms in total. The minimum Gasteiger partial charge on any atom is -0.369 e. The van der Waals surface area contributed by atoms with Crippen molar-refractivity contribution in [3.8, 4) is 11.4 Å². The number of aryl methyl sites for hydroxylation is 1. The zero-order valence-corrected chi connectivity index (χ0v) is 21.3. The molecular weight excluding hydrogens is 539 g/mol.